The molecule has 4 aromatic rings. The first-order chi connectivity index (χ1) is 13.8. The van der Waals surface area contributed by atoms with Crippen LogP contribution in [0.3, 0.4) is 0 Å². The number of hydrogen-bond donors (Lipinski definition) is 1. The predicted molar refractivity (Wildman–Crippen MR) is 113 cm³/mol. The number of para-hydroxylation sites is 2. The van der Waals surface area contributed by atoms with Crippen LogP contribution in [0.5, 0.6) is 0 Å². The molecular weight excluding hydrogens is 388 g/mol. The highest BCUT2D eigenvalue weighted by atomic mass is 32.2. The van der Waals surface area contributed by atoms with Crippen molar-refractivity contribution < 1.29 is 13.0 Å². The Morgan fingerprint density at radius 2 is 1.90 bits per heavy atom. The van der Waals surface area contributed by atoms with Gasteiger partial charge in [-0.2, -0.15) is 13.4 Å². The van der Waals surface area contributed by atoms with Gasteiger partial charge in [0.25, 0.3) is 10.1 Å². The summed E-state index contributed by atoms with van der Waals surface area (Å²) in [4.78, 5) is 11.2. The van der Waals surface area contributed by atoms with Gasteiger partial charge in [0.1, 0.15) is 5.82 Å². The fourth-order valence-electron chi connectivity index (χ4n) is 3.74. The van der Waals surface area contributed by atoms with Gasteiger partial charge in [0.05, 0.1) is 22.0 Å². The van der Waals surface area contributed by atoms with Crippen molar-refractivity contribution in [1.29, 1.82) is 0 Å². The molecule has 0 saturated heterocycles. The van der Waals surface area contributed by atoms with E-state index in [1.165, 1.54) is 12.1 Å². The average molecular weight is 410 g/mol. The lowest BCUT2D eigenvalue weighted by Crippen LogP contribution is -2.25. The maximum atomic E-state index is 11.6. The Morgan fingerprint density at radius 1 is 1.14 bits per heavy atom. The van der Waals surface area contributed by atoms with Gasteiger partial charge < -0.3 is 4.90 Å². The summed E-state index contributed by atoms with van der Waals surface area (Å²) in [7, 11) is -2.34. The van der Waals surface area contributed by atoms with E-state index in [9.17, 15) is 13.0 Å². The molecule has 2 aromatic carbocycles. The van der Waals surface area contributed by atoms with E-state index in [0.717, 1.165) is 34.4 Å². The Bertz CT molecular complexity index is 1310. The zero-order valence-electron chi connectivity index (χ0n) is 16.4. The van der Waals surface area contributed by atoms with Gasteiger partial charge >= 0.3 is 0 Å². The van der Waals surface area contributed by atoms with Crippen LogP contribution in [0, 0.1) is 6.92 Å². The quantitative estimate of drug-likeness (QED) is 0.500. The molecular formula is C21H22N4O3S. The summed E-state index contributed by atoms with van der Waals surface area (Å²) >= 11 is 0. The SMILES string of the molecule is CCC(c1cc(S(=O)(=O)O)ccc1C)N(C)c1ccn2c(n1)nc1ccccc12. The number of benzene rings is 2. The first-order valence-corrected chi connectivity index (χ1v) is 10.8. The van der Waals surface area contributed by atoms with E-state index in [0.29, 0.717) is 5.78 Å². The lowest BCUT2D eigenvalue weighted by atomic mass is 9.98. The van der Waals surface area contributed by atoms with E-state index in [1.807, 2.05) is 66.7 Å². The molecule has 1 N–H and O–H groups in total. The van der Waals surface area contributed by atoms with Crippen LogP contribution >= 0.6 is 0 Å². The summed E-state index contributed by atoms with van der Waals surface area (Å²) in [5.41, 5.74) is 3.65. The summed E-state index contributed by atoms with van der Waals surface area (Å²) in [6.45, 7) is 3.96. The van der Waals surface area contributed by atoms with Crippen molar-refractivity contribution in [2.24, 2.45) is 0 Å². The second-order valence-electron chi connectivity index (χ2n) is 7.08. The number of rotatable bonds is 5. The normalized spacial score (nSPS) is 13.1. The Kier molecular flexibility index (Phi) is 4.76. The van der Waals surface area contributed by atoms with Crippen LogP contribution in [0.4, 0.5) is 5.82 Å². The van der Waals surface area contributed by atoms with Crippen LogP contribution in [0.25, 0.3) is 16.8 Å². The third kappa shape index (κ3) is 3.45. The van der Waals surface area contributed by atoms with Gasteiger partial charge in [-0.1, -0.05) is 25.1 Å². The molecule has 2 heterocycles. The first kappa shape index (κ1) is 19.4. The number of hydrogen-bond acceptors (Lipinski definition) is 5. The van der Waals surface area contributed by atoms with E-state index in [4.69, 9.17) is 4.98 Å². The van der Waals surface area contributed by atoms with Crippen LogP contribution < -0.4 is 4.90 Å². The number of aryl methyl sites for hydroxylation is 1. The minimum absolute atomic E-state index is 0.104. The minimum Gasteiger partial charge on any atom is -0.352 e. The Labute approximate surface area is 169 Å². The van der Waals surface area contributed by atoms with Crippen molar-refractivity contribution in [3.8, 4) is 0 Å². The Balaban J connectivity index is 1.78. The molecule has 1 atom stereocenters. The maximum absolute atomic E-state index is 11.6. The molecule has 0 radical (unpaired) electrons. The molecule has 4 rings (SSSR count). The predicted octanol–water partition coefficient (Wildman–Crippen LogP) is 4.03. The van der Waals surface area contributed by atoms with Crippen molar-refractivity contribution in [2.75, 3.05) is 11.9 Å². The van der Waals surface area contributed by atoms with Gasteiger partial charge in [-0.3, -0.25) is 8.95 Å². The van der Waals surface area contributed by atoms with Crippen molar-refractivity contribution in [3.63, 3.8) is 0 Å². The highest BCUT2D eigenvalue weighted by molar-refractivity contribution is 7.85. The number of aromatic nitrogens is 3. The molecule has 0 saturated carbocycles. The zero-order chi connectivity index (χ0) is 20.8. The van der Waals surface area contributed by atoms with Crippen LogP contribution in [-0.2, 0) is 10.1 Å². The Morgan fingerprint density at radius 3 is 2.62 bits per heavy atom. The van der Waals surface area contributed by atoms with Crippen LogP contribution in [0.15, 0.2) is 59.6 Å². The van der Waals surface area contributed by atoms with E-state index < -0.39 is 10.1 Å². The van der Waals surface area contributed by atoms with E-state index in [1.54, 1.807) is 6.07 Å². The molecule has 0 aliphatic carbocycles. The third-order valence-electron chi connectivity index (χ3n) is 5.29. The average Bonchev–Trinajstić information content (AvgIpc) is 3.06. The topological polar surface area (TPSA) is 87.8 Å². The first-order valence-electron chi connectivity index (χ1n) is 9.34. The van der Waals surface area contributed by atoms with E-state index in [2.05, 4.69) is 4.98 Å². The molecule has 0 fully saturated rings. The fraction of sp³-hybridized carbons (Fsp3) is 0.238. The third-order valence-corrected chi connectivity index (χ3v) is 6.14. The molecule has 0 aliphatic rings. The standard InChI is InChI=1S/C21H22N4O3S/c1-4-18(16-13-15(29(26,27)28)10-9-14(16)2)24(3)20-11-12-25-19-8-6-5-7-17(19)22-21(25)23-20/h5-13,18H,4H2,1-3H3,(H,26,27,28). The summed E-state index contributed by atoms with van der Waals surface area (Å²) in [5, 5.41) is 0. The molecule has 0 aliphatic heterocycles. The van der Waals surface area contributed by atoms with Crippen molar-refractivity contribution in [1.82, 2.24) is 14.4 Å². The molecule has 2 aromatic heterocycles. The van der Waals surface area contributed by atoms with Crippen LogP contribution in [-0.4, -0.2) is 34.4 Å². The molecule has 0 spiro atoms. The van der Waals surface area contributed by atoms with Crippen molar-refractivity contribution >= 4 is 32.7 Å². The zero-order valence-corrected chi connectivity index (χ0v) is 17.3. The molecule has 0 amide bonds. The lowest BCUT2D eigenvalue weighted by molar-refractivity contribution is 0.482. The highest BCUT2D eigenvalue weighted by Gasteiger charge is 2.22. The van der Waals surface area contributed by atoms with E-state index in [-0.39, 0.29) is 10.9 Å². The second kappa shape index (κ2) is 7.13. The largest absolute Gasteiger partial charge is 0.352 e. The molecule has 7 nitrogen and oxygen atoms in total. The van der Waals surface area contributed by atoms with Gasteiger partial charge in [0, 0.05) is 13.2 Å². The van der Waals surface area contributed by atoms with E-state index >= 15 is 0 Å². The summed E-state index contributed by atoms with van der Waals surface area (Å²) in [5.74, 6) is 1.34. The molecule has 29 heavy (non-hydrogen) atoms. The minimum atomic E-state index is -4.27. The summed E-state index contributed by atoms with van der Waals surface area (Å²) in [6.07, 6.45) is 2.67. The monoisotopic (exact) mass is 410 g/mol. The number of anilines is 1. The fourth-order valence-corrected chi connectivity index (χ4v) is 4.25. The molecule has 8 heteroatoms. The van der Waals surface area contributed by atoms with Crippen LogP contribution in [0.2, 0.25) is 0 Å². The summed E-state index contributed by atoms with van der Waals surface area (Å²) < 4.78 is 34.6. The van der Waals surface area contributed by atoms with Gasteiger partial charge in [-0.25, -0.2) is 4.98 Å². The van der Waals surface area contributed by atoms with Gasteiger partial charge in [-0.05, 0) is 54.8 Å². The van der Waals surface area contributed by atoms with Crippen molar-refractivity contribution in [2.45, 2.75) is 31.2 Å². The molecule has 0 bridgehead atoms. The Hall–Kier alpha value is -2.97. The highest BCUT2D eigenvalue weighted by Crippen LogP contribution is 2.31. The lowest BCUT2D eigenvalue weighted by Gasteiger charge is -2.30. The van der Waals surface area contributed by atoms with Gasteiger partial charge in [0.15, 0.2) is 0 Å². The smallest absolute Gasteiger partial charge is 0.294 e. The molecule has 150 valence electrons. The number of imidazole rings is 1. The van der Waals surface area contributed by atoms with Crippen LogP contribution in [0.1, 0.15) is 30.5 Å². The summed E-state index contributed by atoms with van der Waals surface area (Å²) in [6, 6.07) is 14.3. The number of nitrogens with zero attached hydrogens (tertiary/aromatic N) is 4. The maximum Gasteiger partial charge on any atom is 0.294 e. The van der Waals surface area contributed by atoms with Crippen molar-refractivity contribution in [3.05, 3.63) is 65.9 Å². The molecule has 1 unspecified atom stereocenters. The van der Waals surface area contributed by atoms with Gasteiger partial charge in [-0.15, -0.1) is 0 Å². The van der Waals surface area contributed by atoms with Gasteiger partial charge in [0.2, 0.25) is 5.78 Å². The second-order valence-corrected chi connectivity index (χ2v) is 8.51. The number of fused-ring (bicyclic) bond motifs is 3.